The van der Waals surface area contributed by atoms with E-state index in [-0.39, 0.29) is 6.03 Å². The summed E-state index contributed by atoms with van der Waals surface area (Å²) in [6.07, 6.45) is 6.19. The van der Waals surface area contributed by atoms with E-state index in [4.69, 9.17) is 5.73 Å². The molecule has 1 amide bonds. The summed E-state index contributed by atoms with van der Waals surface area (Å²) in [6, 6.07) is 1.57. The maximum atomic E-state index is 12.2. The van der Waals surface area contributed by atoms with Gasteiger partial charge in [-0.05, 0) is 32.2 Å². The van der Waals surface area contributed by atoms with Gasteiger partial charge in [-0.2, -0.15) is 4.68 Å². The second-order valence-electron chi connectivity index (χ2n) is 5.27. The third-order valence-corrected chi connectivity index (χ3v) is 4.13. The molecule has 1 aromatic rings. The van der Waals surface area contributed by atoms with Crippen LogP contribution in [0.3, 0.4) is 0 Å². The molecular formula is C12H19N5O. The number of nitrogens with zero attached hydrogens (tertiary/aromatic N) is 3. The van der Waals surface area contributed by atoms with Gasteiger partial charge in [-0.25, -0.2) is 4.79 Å². The summed E-state index contributed by atoms with van der Waals surface area (Å²) < 4.78 is 1.33. The first kappa shape index (κ1) is 11.5. The minimum atomic E-state index is -0.0699. The minimum absolute atomic E-state index is 0.0699. The molecule has 0 atom stereocenters. The van der Waals surface area contributed by atoms with Crippen LogP contribution in [0.2, 0.25) is 0 Å². The van der Waals surface area contributed by atoms with Crippen molar-refractivity contribution in [2.24, 2.45) is 0 Å². The number of carbonyl (C=O) groups excluding carboxylic acids is 1. The molecule has 2 fully saturated rings. The standard InChI is InChI=1S/C12H19N5O/c13-10-2-7-17(15-10)11(18)16-8-4-12(5-9-16)3-1-6-14-12/h2,7,14H,1,3-6,8-9H2,(H2,13,15). The number of aromatic nitrogens is 2. The number of nitrogen functional groups attached to an aromatic ring is 1. The van der Waals surface area contributed by atoms with Gasteiger partial charge in [0.05, 0.1) is 0 Å². The van der Waals surface area contributed by atoms with Crippen LogP contribution < -0.4 is 11.1 Å². The molecule has 0 aliphatic carbocycles. The Morgan fingerprint density at radius 2 is 2.17 bits per heavy atom. The van der Waals surface area contributed by atoms with E-state index < -0.39 is 0 Å². The molecule has 3 N–H and O–H groups in total. The molecule has 6 heteroatoms. The van der Waals surface area contributed by atoms with E-state index in [1.165, 1.54) is 17.5 Å². The first-order valence-electron chi connectivity index (χ1n) is 6.54. The van der Waals surface area contributed by atoms with Crippen molar-refractivity contribution >= 4 is 11.8 Å². The van der Waals surface area contributed by atoms with Crippen molar-refractivity contribution in [2.45, 2.75) is 31.2 Å². The number of hydrogen-bond donors (Lipinski definition) is 2. The number of anilines is 1. The van der Waals surface area contributed by atoms with E-state index in [0.29, 0.717) is 11.4 Å². The van der Waals surface area contributed by atoms with Crippen LogP contribution in [0.5, 0.6) is 0 Å². The molecule has 0 unspecified atom stereocenters. The lowest BCUT2D eigenvalue weighted by atomic mass is 9.86. The van der Waals surface area contributed by atoms with E-state index in [1.54, 1.807) is 12.3 Å². The Hall–Kier alpha value is -1.56. The van der Waals surface area contributed by atoms with Gasteiger partial charge in [0, 0.05) is 30.9 Å². The monoisotopic (exact) mass is 249 g/mol. The molecule has 0 radical (unpaired) electrons. The number of nitrogens with two attached hydrogens (primary N) is 1. The first-order valence-corrected chi connectivity index (χ1v) is 6.54. The zero-order valence-corrected chi connectivity index (χ0v) is 10.4. The molecule has 3 heterocycles. The summed E-state index contributed by atoms with van der Waals surface area (Å²) in [6.45, 7) is 2.71. The third-order valence-electron chi connectivity index (χ3n) is 4.13. The summed E-state index contributed by atoms with van der Waals surface area (Å²) in [4.78, 5) is 14.0. The smallest absolute Gasteiger partial charge is 0.344 e. The third kappa shape index (κ3) is 1.96. The van der Waals surface area contributed by atoms with Gasteiger partial charge in [-0.1, -0.05) is 0 Å². The summed E-state index contributed by atoms with van der Waals surface area (Å²) in [5, 5.41) is 7.56. The van der Waals surface area contributed by atoms with Gasteiger partial charge in [0.25, 0.3) is 0 Å². The van der Waals surface area contributed by atoms with Crippen LogP contribution in [-0.2, 0) is 0 Å². The van der Waals surface area contributed by atoms with E-state index in [2.05, 4.69) is 10.4 Å². The maximum absolute atomic E-state index is 12.2. The van der Waals surface area contributed by atoms with Crippen molar-refractivity contribution < 1.29 is 4.79 Å². The minimum Gasteiger partial charge on any atom is -0.382 e. The predicted octanol–water partition coefficient (Wildman–Crippen LogP) is 0.651. The summed E-state index contributed by atoms with van der Waals surface area (Å²) in [5.41, 5.74) is 5.82. The Morgan fingerprint density at radius 3 is 2.72 bits per heavy atom. The first-order chi connectivity index (χ1) is 8.69. The molecule has 2 aliphatic heterocycles. The van der Waals surface area contributed by atoms with Crippen LogP contribution in [-0.4, -0.2) is 45.9 Å². The van der Waals surface area contributed by atoms with Gasteiger partial charge >= 0.3 is 6.03 Å². The fourth-order valence-corrected chi connectivity index (χ4v) is 3.01. The fraction of sp³-hybridized carbons (Fsp3) is 0.667. The van der Waals surface area contributed by atoms with Crippen LogP contribution in [0.25, 0.3) is 0 Å². The molecular weight excluding hydrogens is 230 g/mol. The van der Waals surface area contributed by atoms with E-state index in [1.807, 2.05) is 4.90 Å². The van der Waals surface area contributed by atoms with Crippen molar-refractivity contribution in [1.82, 2.24) is 20.0 Å². The molecule has 0 aromatic carbocycles. The molecule has 0 bridgehead atoms. The molecule has 1 spiro atoms. The molecule has 3 rings (SSSR count). The number of likely N-dealkylation sites (tertiary alicyclic amines) is 1. The lowest BCUT2D eigenvalue weighted by molar-refractivity contribution is 0.150. The Balaban J connectivity index is 1.64. The summed E-state index contributed by atoms with van der Waals surface area (Å²) in [5.74, 6) is 0.384. The number of amides is 1. The highest BCUT2D eigenvalue weighted by molar-refractivity contribution is 5.76. The lowest BCUT2D eigenvalue weighted by Gasteiger charge is -2.39. The number of nitrogens with one attached hydrogen (secondary N) is 1. The van der Waals surface area contributed by atoms with Gasteiger partial charge in [-0.3, -0.25) is 0 Å². The van der Waals surface area contributed by atoms with Crippen molar-refractivity contribution in [2.75, 3.05) is 25.4 Å². The Bertz CT molecular complexity index is 439. The average Bonchev–Trinajstić information content (AvgIpc) is 3.00. The molecule has 2 saturated heterocycles. The fourth-order valence-electron chi connectivity index (χ4n) is 3.01. The van der Waals surface area contributed by atoms with E-state index in [0.717, 1.165) is 32.5 Å². The average molecular weight is 249 g/mol. The molecule has 2 aliphatic rings. The van der Waals surface area contributed by atoms with Crippen molar-refractivity contribution in [3.05, 3.63) is 12.3 Å². The highest BCUT2D eigenvalue weighted by Gasteiger charge is 2.38. The quantitative estimate of drug-likeness (QED) is 0.708. The van der Waals surface area contributed by atoms with Crippen LogP contribution in [0, 0.1) is 0 Å². The molecule has 0 saturated carbocycles. The molecule has 6 nitrogen and oxygen atoms in total. The largest absolute Gasteiger partial charge is 0.382 e. The SMILES string of the molecule is Nc1ccn(C(=O)N2CCC3(CCCN3)CC2)n1. The maximum Gasteiger partial charge on any atom is 0.344 e. The van der Waals surface area contributed by atoms with Gasteiger partial charge in [-0.15, -0.1) is 5.10 Å². The Kier molecular flexibility index (Phi) is 2.74. The van der Waals surface area contributed by atoms with Gasteiger partial charge in [0.2, 0.25) is 0 Å². The van der Waals surface area contributed by atoms with Gasteiger partial charge in [0.1, 0.15) is 5.82 Å². The topological polar surface area (TPSA) is 76.2 Å². The van der Waals surface area contributed by atoms with E-state index in [9.17, 15) is 4.79 Å². The number of hydrogen-bond acceptors (Lipinski definition) is 4. The summed E-state index contributed by atoms with van der Waals surface area (Å²) in [7, 11) is 0. The van der Waals surface area contributed by atoms with Crippen molar-refractivity contribution in [3.8, 4) is 0 Å². The van der Waals surface area contributed by atoms with Crippen LogP contribution in [0.1, 0.15) is 25.7 Å². The second kappa shape index (κ2) is 4.28. The van der Waals surface area contributed by atoms with E-state index >= 15 is 0 Å². The van der Waals surface area contributed by atoms with Crippen LogP contribution in [0.4, 0.5) is 10.6 Å². The highest BCUT2D eigenvalue weighted by Crippen LogP contribution is 2.30. The zero-order valence-electron chi connectivity index (χ0n) is 10.4. The highest BCUT2D eigenvalue weighted by atomic mass is 16.2. The number of carbonyl (C=O) groups is 1. The van der Waals surface area contributed by atoms with Crippen LogP contribution >= 0.6 is 0 Å². The molecule has 1 aromatic heterocycles. The lowest BCUT2D eigenvalue weighted by Crippen LogP contribution is -2.52. The van der Waals surface area contributed by atoms with Gasteiger partial charge < -0.3 is 16.0 Å². The predicted molar refractivity (Wildman–Crippen MR) is 68.2 cm³/mol. The second-order valence-corrected chi connectivity index (χ2v) is 5.27. The Labute approximate surface area is 106 Å². The summed E-state index contributed by atoms with van der Waals surface area (Å²) >= 11 is 0. The van der Waals surface area contributed by atoms with Crippen molar-refractivity contribution in [1.29, 1.82) is 0 Å². The van der Waals surface area contributed by atoms with Crippen molar-refractivity contribution in [3.63, 3.8) is 0 Å². The zero-order chi connectivity index (χ0) is 12.6. The molecule has 98 valence electrons. The van der Waals surface area contributed by atoms with Crippen LogP contribution in [0.15, 0.2) is 12.3 Å². The molecule has 18 heavy (non-hydrogen) atoms. The normalized spacial score (nSPS) is 22.6. The van der Waals surface area contributed by atoms with Gasteiger partial charge in [0.15, 0.2) is 0 Å². The Morgan fingerprint density at radius 1 is 1.39 bits per heavy atom. The number of rotatable bonds is 0. The number of piperidine rings is 1.